The number of nitrogens with one attached hydrogen (secondary N) is 1. The van der Waals surface area contributed by atoms with Crippen molar-refractivity contribution in [1.82, 2.24) is 19.7 Å². The molecule has 1 aliphatic heterocycles. The van der Waals surface area contributed by atoms with Gasteiger partial charge < -0.3 is 14.8 Å². The van der Waals surface area contributed by atoms with Gasteiger partial charge in [-0.3, -0.25) is 9.59 Å². The van der Waals surface area contributed by atoms with Crippen LogP contribution in [-0.4, -0.2) is 43.8 Å². The molecule has 9 heteroatoms. The fourth-order valence-electron chi connectivity index (χ4n) is 3.99. The van der Waals surface area contributed by atoms with E-state index in [0.29, 0.717) is 28.0 Å². The topological polar surface area (TPSA) is 80.1 Å². The number of carbonyl (C=O) groups is 2. The average Bonchev–Trinajstić information content (AvgIpc) is 3.41. The number of aryl methyl sites for hydroxylation is 2. The molecule has 0 radical (unpaired) electrons. The summed E-state index contributed by atoms with van der Waals surface area (Å²) in [7, 11) is 1.88. The van der Waals surface area contributed by atoms with Crippen LogP contribution >= 0.6 is 23.4 Å². The van der Waals surface area contributed by atoms with Crippen LogP contribution in [0.2, 0.25) is 5.02 Å². The fraction of sp³-hybridized carbons (Fsp3) is 0.333. The van der Waals surface area contributed by atoms with Crippen molar-refractivity contribution in [1.29, 1.82) is 0 Å². The minimum atomic E-state index is -0.151. The molecule has 33 heavy (non-hydrogen) atoms. The van der Waals surface area contributed by atoms with E-state index in [9.17, 15) is 9.59 Å². The minimum Gasteiger partial charge on any atom is -0.328 e. The van der Waals surface area contributed by atoms with Crippen molar-refractivity contribution in [2.75, 3.05) is 17.6 Å². The Hall–Kier alpha value is -2.84. The number of hydrogen-bond donors (Lipinski definition) is 1. The zero-order valence-electron chi connectivity index (χ0n) is 18.8. The number of hydrogen-bond acceptors (Lipinski definition) is 5. The van der Waals surface area contributed by atoms with E-state index in [4.69, 9.17) is 11.6 Å². The van der Waals surface area contributed by atoms with Gasteiger partial charge in [-0.2, -0.15) is 0 Å². The summed E-state index contributed by atoms with van der Waals surface area (Å²) in [6.07, 6.45) is 1.75. The fourth-order valence-corrected chi connectivity index (χ4v) is 4.88. The molecule has 0 bridgehead atoms. The van der Waals surface area contributed by atoms with Crippen LogP contribution in [0.15, 0.2) is 47.6 Å². The quantitative estimate of drug-likeness (QED) is 0.510. The molecule has 2 aromatic carbocycles. The van der Waals surface area contributed by atoms with Crippen molar-refractivity contribution >= 4 is 40.9 Å². The van der Waals surface area contributed by atoms with Gasteiger partial charge in [0, 0.05) is 29.9 Å². The third-order valence-electron chi connectivity index (χ3n) is 5.84. The van der Waals surface area contributed by atoms with Crippen molar-refractivity contribution in [2.45, 2.75) is 37.9 Å². The molecular formula is C24H26ClN5O2S. The Balaban J connectivity index is 1.42. The van der Waals surface area contributed by atoms with E-state index in [-0.39, 0.29) is 23.6 Å². The lowest BCUT2D eigenvalue weighted by Gasteiger charge is -2.24. The lowest BCUT2D eigenvalue weighted by atomic mass is 10.1. The number of aromatic nitrogens is 3. The van der Waals surface area contributed by atoms with Gasteiger partial charge in [-0.05, 0) is 56.0 Å². The normalized spacial score (nSPS) is 15.6. The molecule has 4 rings (SSSR count). The molecule has 1 aliphatic rings. The van der Waals surface area contributed by atoms with E-state index in [2.05, 4.69) is 15.5 Å². The molecule has 2 amide bonds. The van der Waals surface area contributed by atoms with Gasteiger partial charge >= 0.3 is 0 Å². The Kier molecular flexibility index (Phi) is 7.05. The number of benzene rings is 2. The van der Waals surface area contributed by atoms with Crippen LogP contribution in [0.25, 0.3) is 0 Å². The zero-order chi connectivity index (χ0) is 23.5. The first-order valence-electron chi connectivity index (χ1n) is 10.8. The number of carbonyl (C=O) groups excluding carboxylic acids is 2. The van der Waals surface area contributed by atoms with E-state index in [1.54, 1.807) is 6.07 Å². The number of rotatable bonds is 6. The van der Waals surface area contributed by atoms with Gasteiger partial charge in [0.05, 0.1) is 11.8 Å². The maximum Gasteiger partial charge on any atom is 0.254 e. The zero-order valence-corrected chi connectivity index (χ0v) is 20.4. The van der Waals surface area contributed by atoms with E-state index >= 15 is 0 Å². The monoisotopic (exact) mass is 483 g/mol. The van der Waals surface area contributed by atoms with Gasteiger partial charge in [0.2, 0.25) is 5.91 Å². The van der Waals surface area contributed by atoms with Gasteiger partial charge in [0.1, 0.15) is 0 Å². The van der Waals surface area contributed by atoms with Gasteiger partial charge in [0.25, 0.3) is 5.91 Å². The Morgan fingerprint density at radius 2 is 1.94 bits per heavy atom. The van der Waals surface area contributed by atoms with Crippen LogP contribution < -0.4 is 5.32 Å². The summed E-state index contributed by atoms with van der Waals surface area (Å²) < 4.78 is 1.88. The highest BCUT2D eigenvalue weighted by atomic mass is 35.5. The van der Waals surface area contributed by atoms with Gasteiger partial charge in [0.15, 0.2) is 11.0 Å². The first-order valence-corrected chi connectivity index (χ1v) is 12.2. The van der Waals surface area contributed by atoms with E-state index in [0.717, 1.165) is 29.8 Å². The summed E-state index contributed by atoms with van der Waals surface area (Å²) in [5.74, 6) is 0.793. The number of halogens is 1. The van der Waals surface area contributed by atoms with E-state index in [1.165, 1.54) is 11.8 Å². The molecule has 3 aromatic rings. The molecule has 0 aliphatic carbocycles. The van der Waals surface area contributed by atoms with Crippen molar-refractivity contribution in [3.05, 3.63) is 70.0 Å². The smallest absolute Gasteiger partial charge is 0.254 e. The highest BCUT2D eigenvalue weighted by molar-refractivity contribution is 7.99. The maximum absolute atomic E-state index is 13.2. The molecule has 0 saturated carbocycles. The highest BCUT2D eigenvalue weighted by Crippen LogP contribution is 2.33. The van der Waals surface area contributed by atoms with Crippen LogP contribution in [0.5, 0.6) is 0 Å². The predicted octanol–water partition coefficient (Wildman–Crippen LogP) is 4.79. The molecule has 1 fully saturated rings. The SMILES string of the molecule is Cc1ccc(NC(=O)CSc2nnc(C3CCCN3C(=O)c3ccccc3C)n2C)cc1Cl. The molecule has 1 unspecified atom stereocenters. The molecule has 0 spiro atoms. The Labute approximate surface area is 202 Å². The summed E-state index contributed by atoms with van der Waals surface area (Å²) in [4.78, 5) is 27.5. The van der Waals surface area contributed by atoms with Crippen LogP contribution in [0.1, 0.15) is 46.2 Å². The Morgan fingerprint density at radius 3 is 2.70 bits per heavy atom. The molecule has 1 atom stereocenters. The first-order chi connectivity index (χ1) is 15.8. The van der Waals surface area contributed by atoms with Crippen LogP contribution in [0.4, 0.5) is 5.69 Å². The van der Waals surface area contributed by atoms with Gasteiger partial charge in [-0.15, -0.1) is 10.2 Å². The van der Waals surface area contributed by atoms with Crippen molar-refractivity contribution in [2.24, 2.45) is 7.05 Å². The van der Waals surface area contributed by atoms with E-state index in [1.807, 2.05) is 66.8 Å². The molecule has 172 valence electrons. The second-order valence-corrected chi connectivity index (χ2v) is 9.52. The summed E-state index contributed by atoms with van der Waals surface area (Å²) in [6, 6.07) is 12.9. The molecule has 1 N–H and O–H groups in total. The van der Waals surface area contributed by atoms with Crippen LogP contribution in [0, 0.1) is 13.8 Å². The van der Waals surface area contributed by atoms with Gasteiger partial charge in [-0.25, -0.2) is 0 Å². The van der Waals surface area contributed by atoms with Crippen molar-refractivity contribution < 1.29 is 9.59 Å². The molecule has 2 heterocycles. The third kappa shape index (κ3) is 5.07. The first kappa shape index (κ1) is 23.3. The predicted molar refractivity (Wildman–Crippen MR) is 131 cm³/mol. The second-order valence-electron chi connectivity index (χ2n) is 8.17. The highest BCUT2D eigenvalue weighted by Gasteiger charge is 2.34. The summed E-state index contributed by atoms with van der Waals surface area (Å²) in [5.41, 5.74) is 3.29. The second kappa shape index (κ2) is 9.97. The lowest BCUT2D eigenvalue weighted by Crippen LogP contribution is -2.32. The van der Waals surface area contributed by atoms with E-state index < -0.39 is 0 Å². The lowest BCUT2D eigenvalue weighted by molar-refractivity contribution is -0.113. The molecule has 1 aromatic heterocycles. The number of anilines is 1. The summed E-state index contributed by atoms with van der Waals surface area (Å²) in [6.45, 7) is 4.55. The number of amides is 2. The Morgan fingerprint density at radius 1 is 1.15 bits per heavy atom. The van der Waals surface area contributed by atoms with Crippen molar-refractivity contribution in [3.8, 4) is 0 Å². The number of thioether (sulfide) groups is 1. The van der Waals surface area contributed by atoms with Gasteiger partial charge in [-0.1, -0.05) is 47.6 Å². The standard InChI is InChI=1S/C24H26ClN5O2S/c1-15-7-4-5-8-18(15)23(32)30-12-6-9-20(30)22-27-28-24(29(22)3)33-14-21(31)26-17-11-10-16(2)19(25)13-17/h4-5,7-8,10-11,13,20H,6,9,12,14H2,1-3H3,(H,26,31). The Bertz CT molecular complexity index is 1200. The number of nitrogens with zero attached hydrogens (tertiary/aromatic N) is 4. The molecule has 1 saturated heterocycles. The average molecular weight is 484 g/mol. The van der Waals surface area contributed by atoms with Crippen LogP contribution in [-0.2, 0) is 11.8 Å². The maximum atomic E-state index is 13.2. The largest absolute Gasteiger partial charge is 0.328 e. The third-order valence-corrected chi connectivity index (χ3v) is 7.27. The van der Waals surface area contributed by atoms with Crippen molar-refractivity contribution in [3.63, 3.8) is 0 Å². The number of likely N-dealkylation sites (tertiary alicyclic amines) is 1. The summed E-state index contributed by atoms with van der Waals surface area (Å²) >= 11 is 7.44. The molecule has 7 nitrogen and oxygen atoms in total. The minimum absolute atomic E-state index is 0.0175. The van der Waals surface area contributed by atoms with Crippen LogP contribution in [0.3, 0.4) is 0 Å². The summed E-state index contributed by atoms with van der Waals surface area (Å²) in [5, 5.41) is 12.8. The molecular weight excluding hydrogens is 458 g/mol.